The molecule has 0 amide bonds. The first-order valence-electron chi connectivity index (χ1n) is 7.61. The molecule has 1 heterocycles. The monoisotopic (exact) mass is 310 g/mol. The average molecular weight is 310 g/mol. The Kier molecular flexibility index (Phi) is 4.63. The Hall–Kier alpha value is -1.07. The topological polar surface area (TPSA) is 63.4 Å². The van der Waals surface area contributed by atoms with Gasteiger partial charge in [0.25, 0.3) is 0 Å². The van der Waals surface area contributed by atoms with Crippen molar-refractivity contribution in [1.29, 1.82) is 0 Å². The molecule has 1 aliphatic heterocycles. The van der Waals surface area contributed by atoms with Crippen LogP contribution in [0, 0.1) is 26.7 Å². The zero-order valence-corrected chi connectivity index (χ0v) is 14.3. The molecule has 118 valence electrons. The van der Waals surface area contributed by atoms with Gasteiger partial charge >= 0.3 is 0 Å². The largest absolute Gasteiger partial charge is 0.398 e. The number of sulfonamides is 1. The van der Waals surface area contributed by atoms with E-state index in [1.165, 1.54) is 0 Å². The van der Waals surface area contributed by atoms with Crippen molar-refractivity contribution in [2.45, 2.75) is 51.9 Å². The standard InChI is InChI=1S/C16H26N2O2S/c1-11-6-5-8-18(9-7-11)21(19,20)16-13(3)10-12(2)15(17)14(16)4/h10-11H,5-9,17H2,1-4H3. The van der Waals surface area contributed by atoms with Crippen molar-refractivity contribution in [2.24, 2.45) is 5.92 Å². The summed E-state index contributed by atoms with van der Waals surface area (Å²) < 4.78 is 27.7. The van der Waals surface area contributed by atoms with Gasteiger partial charge in [0.05, 0.1) is 4.90 Å². The van der Waals surface area contributed by atoms with E-state index in [9.17, 15) is 8.42 Å². The van der Waals surface area contributed by atoms with Gasteiger partial charge in [-0.2, -0.15) is 4.31 Å². The fourth-order valence-corrected chi connectivity index (χ4v) is 5.12. The fraction of sp³-hybridized carbons (Fsp3) is 0.625. The zero-order valence-electron chi connectivity index (χ0n) is 13.4. The highest BCUT2D eigenvalue weighted by Gasteiger charge is 2.30. The third kappa shape index (κ3) is 3.09. The lowest BCUT2D eigenvalue weighted by molar-refractivity contribution is 0.416. The average Bonchev–Trinajstić information content (AvgIpc) is 2.61. The molecule has 4 nitrogen and oxygen atoms in total. The molecule has 1 aromatic carbocycles. The summed E-state index contributed by atoms with van der Waals surface area (Å²) in [5.74, 6) is 0.593. The quantitative estimate of drug-likeness (QED) is 0.854. The number of hydrogen-bond acceptors (Lipinski definition) is 3. The lowest BCUT2D eigenvalue weighted by atomic mass is 10.0. The van der Waals surface area contributed by atoms with Gasteiger partial charge in [-0.15, -0.1) is 0 Å². The van der Waals surface area contributed by atoms with Crippen molar-refractivity contribution in [3.8, 4) is 0 Å². The summed E-state index contributed by atoms with van der Waals surface area (Å²) in [5, 5.41) is 0. The molecule has 1 unspecified atom stereocenters. The Balaban J connectivity index is 2.47. The highest BCUT2D eigenvalue weighted by molar-refractivity contribution is 7.89. The summed E-state index contributed by atoms with van der Waals surface area (Å²) in [6, 6.07) is 1.87. The predicted molar refractivity (Wildman–Crippen MR) is 86.8 cm³/mol. The number of hydrogen-bond donors (Lipinski definition) is 1. The number of rotatable bonds is 2. The fourth-order valence-electron chi connectivity index (χ4n) is 3.18. The van der Waals surface area contributed by atoms with E-state index in [2.05, 4.69) is 6.92 Å². The molecular weight excluding hydrogens is 284 g/mol. The van der Waals surface area contributed by atoms with E-state index in [1.54, 1.807) is 4.31 Å². The molecular formula is C16H26N2O2S. The molecule has 0 radical (unpaired) electrons. The second kappa shape index (κ2) is 5.97. The summed E-state index contributed by atoms with van der Waals surface area (Å²) >= 11 is 0. The number of nitrogens with two attached hydrogens (primary N) is 1. The lowest BCUT2D eigenvalue weighted by Gasteiger charge is -2.23. The van der Waals surface area contributed by atoms with Crippen molar-refractivity contribution in [3.05, 3.63) is 22.8 Å². The molecule has 0 aliphatic carbocycles. The van der Waals surface area contributed by atoms with Gasteiger partial charge in [0, 0.05) is 18.8 Å². The highest BCUT2D eigenvalue weighted by Crippen LogP contribution is 2.31. The van der Waals surface area contributed by atoms with E-state index in [4.69, 9.17) is 5.73 Å². The highest BCUT2D eigenvalue weighted by atomic mass is 32.2. The van der Waals surface area contributed by atoms with Gasteiger partial charge in [-0.1, -0.05) is 13.0 Å². The van der Waals surface area contributed by atoms with E-state index in [0.717, 1.165) is 30.4 Å². The van der Waals surface area contributed by atoms with Crippen molar-refractivity contribution >= 4 is 15.7 Å². The van der Waals surface area contributed by atoms with E-state index >= 15 is 0 Å². The lowest BCUT2D eigenvalue weighted by Crippen LogP contribution is -2.33. The van der Waals surface area contributed by atoms with Gasteiger partial charge in [-0.25, -0.2) is 8.42 Å². The van der Waals surface area contributed by atoms with E-state index in [-0.39, 0.29) is 0 Å². The summed E-state index contributed by atoms with van der Waals surface area (Å²) in [6.45, 7) is 8.99. The van der Waals surface area contributed by atoms with Crippen LogP contribution in [-0.4, -0.2) is 25.8 Å². The van der Waals surface area contributed by atoms with Gasteiger partial charge in [0.15, 0.2) is 0 Å². The Bertz CT molecular complexity index is 638. The first-order valence-corrected chi connectivity index (χ1v) is 9.05. The zero-order chi connectivity index (χ0) is 15.8. The molecule has 1 aromatic rings. The van der Waals surface area contributed by atoms with Crippen LogP contribution in [0.4, 0.5) is 5.69 Å². The minimum atomic E-state index is -3.46. The second-order valence-electron chi connectivity index (χ2n) is 6.32. The SMILES string of the molecule is Cc1cc(C)c(S(=O)(=O)N2CCCC(C)CC2)c(C)c1N. The van der Waals surface area contributed by atoms with Crippen LogP contribution < -0.4 is 5.73 Å². The molecule has 2 N–H and O–H groups in total. The van der Waals surface area contributed by atoms with Crippen LogP contribution in [0.2, 0.25) is 0 Å². The molecule has 2 rings (SSSR count). The number of aryl methyl sites for hydroxylation is 2. The van der Waals surface area contributed by atoms with Crippen LogP contribution in [0.1, 0.15) is 42.9 Å². The van der Waals surface area contributed by atoms with E-state index < -0.39 is 10.0 Å². The van der Waals surface area contributed by atoms with Gasteiger partial charge < -0.3 is 5.73 Å². The number of nitrogens with zero attached hydrogens (tertiary/aromatic N) is 1. The molecule has 1 aliphatic rings. The maximum Gasteiger partial charge on any atom is 0.243 e. The van der Waals surface area contributed by atoms with Crippen LogP contribution in [-0.2, 0) is 10.0 Å². The van der Waals surface area contributed by atoms with Crippen molar-refractivity contribution in [3.63, 3.8) is 0 Å². The smallest absolute Gasteiger partial charge is 0.243 e. The molecule has 5 heteroatoms. The molecule has 0 saturated carbocycles. The van der Waals surface area contributed by atoms with Crippen LogP contribution in [0.5, 0.6) is 0 Å². The van der Waals surface area contributed by atoms with Gasteiger partial charge in [-0.05, 0) is 62.6 Å². The van der Waals surface area contributed by atoms with Crippen LogP contribution in [0.3, 0.4) is 0 Å². The molecule has 1 saturated heterocycles. The Morgan fingerprint density at radius 3 is 2.48 bits per heavy atom. The Morgan fingerprint density at radius 1 is 1.14 bits per heavy atom. The van der Waals surface area contributed by atoms with Crippen LogP contribution in [0.25, 0.3) is 0 Å². The van der Waals surface area contributed by atoms with Crippen molar-refractivity contribution in [2.75, 3.05) is 18.8 Å². The first kappa shape index (κ1) is 16.3. The molecule has 1 atom stereocenters. The first-order chi connectivity index (χ1) is 9.75. The van der Waals surface area contributed by atoms with E-state index in [1.807, 2.05) is 26.8 Å². The van der Waals surface area contributed by atoms with Gasteiger partial charge in [0.2, 0.25) is 10.0 Å². The molecule has 0 spiro atoms. The van der Waals surface area contributed by atoms with Gasteiger partial charge in [-0.3, -0.25) is 0 Å². The van der Waals surface area contributed by atoms with E-state index in [0.29, 0.717) is 35.2 Å². The van der Waals surface area contributed by atoms with Crippen molar-refractivity contribution < 1.29 is 8.42 Å². The van der Waals surface area contributed by atoms with Gasteiger partial charge in [0.1, 0.15) is 0 Å². The number of benzene rings is 1. The predicted octanol–water partition coefficient (Wildman–Crippen LogP) is 3.00. The minimum absolute atomic E-state index is 0.403. The normalized spacial score (nSPS) is 21.2. The summed E-state index contributed by atoms with van der Waals surface area (Å²) in [7, 11) is -3.46. The minimum Gasteiger partial charge on any atom is -0.398 e. The maximum absolute atomic E-state index is 13.0. The molecule has 1 fully saturated rings. The van der Waals surface area contributed by atoms with Crippen LogP contribution in [0.15, 0.2) is 11.0 Å². The number of nitrogen functional groups attached to an aromatic ring is 1. The maximum atomic E-state index is 13.0. The summed E-state index contributed by atoms with van der Waals surface area (Å²) in [4.78, 5) is 0.403. The molecule has 0 aromatic heterocycles. The third-order valence-electron chi connectivity index (χ3n) is 4.53. The molecule has 21 heavy (non-hydrogen) atoms. The summed E-state index contributed by atoms with van der Waals surface area (Å²) in [6.07, 6.45) is 2.96. The number of anilines is 1. The van der Waals surface area contributed by atoms with Crippen molar-refractivity contribution in [1.82, 2.24) is 4.31 Å². The third-order valence-corrected chi connectivity index (χ3v) is 6.72. The Labute approximate surface area is 128 Å². The van der Waals surface area contributed by atoms with Crippen LogP contribution >= 0.6 is 0 Å². The Morgan fingerprint density at radius 2 is 1.81 bits per heavy atom. The molecule has 0 bridgehead atoms. The second-order valence-corrected chi connectivity index (χ2v) is 8.19. The summed E-state index contributed by atoms with van der Waals surface area (Å²) in [5.41, 5.74) is 9.05.